The minimum Gasteiger partial charge on any atom is -0.505 e. The van der Waals surface area contributed by atoms with E-state index in [1.54, 1.807) is 38.4 Å². The van der Waals surface area contributed by atoms with Gasteiger partial charge in [0.25, 0.3) is 5.91 Å². The van der Waals surface area contributed by atoms with Crippen LogP contribution in [0.15, 0.2) is 54.2 Å². The Labute approximate surface area is 225 Å². The molecule has 1 saturated heterocycles. The molecule has 2 amide bonds. The average Bonchev–Trinajstić information content (AvgIpc) is 2.92. The van der Waals surface area contributed by atoms with E-state index in [1.807, 2.05) is 0 Å². The molecule has 4 N–H and O–H groups in total. The highest BCUT2D eigenvalue weighted by Crippen LogP contribution is 2.21. The summed E-state index contributed by atoms with van der Waals surface area (Å²) in [6, 6.07) is 3.62. The van der Waals surface area contributed by atoms with Gasteiger partial charge in [0.05, 0.1) is 18.1 Å². The Kier molecular flexibility index (Phi) is 9.72. The Morgan fingerprint density at radius 2 is 1.87 bits per heavy atom. The van der Waals surface area contributed by atoms with Crippen LogP contribution in [0, 0.1) is 5.92 Å². The standard InChI is InChI=1S/C27H32N4O8/c1-5-14(2)23-27(37)38-16(4)20(31-25(35)21-19(32)9-7-11-29-21)24(34)30-18(12-17-8-6-10-28-13-17)22(33)15(3)26(36)39-23/h6-11,13,15-16,18,20,22,32-33H,5,12H2,1-4H3,(H,30,34)(H,31,35)/b23-14+/t15-,16-,18+,20+,22+/m1/s1. The van der Waals surface area contributed by atoms with Gasteiger partial charge in [-0.25, -0.2) is 9.78 Å². The molecular formula is C27H32N4O8. The van der Waals surface area contributed by atoms with Crippen LogP contribution in [0.4, 0.5) is 0 Å². The van der Waals surface area contributed by atoms with Crippen LogP contribution >= 0.6 is 0 Å². The monoisotopic (exact) mass is 540 g/mol. The lowest BCUT2D eigenvalue weighted by atomic mass is 9.92. The third-order valence-electron chi connectivity index (χ3n) is 6.44. The van der Waals surface area contributed by atoms with Crippen molar-refractivity contribution in [2.45, 2.75) is 64.8 Å². The molecule has 0 radical (unpaired) electrons. The maximum absolute atomic E-state index is 13.6. The van der Waals surface area contributed by atoms with Crippen LogP contribution in [0.5, 0.6) is 5.75 Å². The minimum absolute atomic E-state index is 0.0882. The van der Waals surface area contributed by atoms with Crippen molar-refractivity contribution in [3.05, 3.63) is 65.4 Å². The molecule has 0 unspecified atom stereocenters. The van der Waals surface area contributed by atoms with Crippen molar-refractivity contribution < 1.29 is 38.9 Å². The van der Waals surface area contributed by atoms with Crippen molar-refractivity contribution in [2.75, 3.05) is 0 Å². The third-order valence-corrected chi connectivity index (χ3v) is 6.44. The highest BCUT2D eigenvalue weighted by molar-refractivity contribution is 5.98. The van der Waals surface area contributed by atoms with Gasteiger partial charge in [-0.3, -0.25) is 19.4 Å². The summed E-state index contributed by atoms with van der Waals surface area (Å²) in [5, 5.41) is 26.3. The molecule has 12 nitrogen and oxygen atoms in total. The van der Waals surface area contributed by atoms with Gasteiger partial charge in [-0.1, -0.05) is 13.0 Å². The molecule has 0 spiro atoms. The molecule has 0 aromatic carbocycles. The number of nitrogens with one attached hydrogen (secondary N) is 2. The first-order valence-electron chi connectivity index (χ1n) is 12.5. The normalized spacial score (nSPS) is 25.8. The lowest BCUT2D eigenvalue weighted by molar-refractivity contribution is -0.161. The van der Waals surface area contributed by atoms with Crippen LogP contribution in [-0.2, 0) is 30.3 Å². The zero-order valence-corrected chi connectivity index (χ0v) is 22.1. The van der Waals surface area contributed by atoms with Crippen LogP contribution < -0.4 is 10.6 Å². The topological polar surface area (TPSA) is 177 Å². The highest BCUT2D eigenvalue weighted by atomic mass is 16.6. The minimum atomic E-state index is -1.47. The predicted molar refractivity (Wildman–Crippen MR) is 137 cm³/mol. The summed E-state index contributed by atoms with van der Waals surface area (Å²) in [5.41, 5.74) is 0.733. The Hall–Kier alpha value is -4.32. The van der Waals surface area contributed by atoms with E-state index in [0.717, 1.165) is 0 Å². The number of aliphatic hydroxyl groups is 1. The lowest BCUT2D eigenvalue weighted by Gasteiger charge is -2.32. The number of pyridine rings is 2. The first kappa shape index (κ1) is 29.2. The summed E-state index contributed by atoms with van der Waals surface area (Å²) in [6.07, 6.45) is 2.15. The molecule has 2 aromatic rings. The van der Waals surface area contributed by atoms with Gasteiger partial charge in [0.1, 0.15) is 17.9 Å². The van der Waals surface area contributed by atoms with Crippen molar-refractivity contribution >= 4 is 23.8 Å². The number of aromatic nitrogens is 2. The molecule has 1 aliphatic rings. The van der Waals surface area contributed by atoms with Crippen LogP contribution in [0.25, 0.3) is 0 Å². The van der Waals surface area contributed by atoms with Crippen LogP contribution in [0.1, 0.15) is 50.2 Å². The maximum Gasteiger partial charge on any atom is 0.374 e. The quantitative estimate of drug-likeness (QED) is 0.318. The zero-order valence-electron chi connectivity index (χ0n) is 22.1. The highest BCUT2D eigenvalue weighted by Gasteiger charge is 2.39. The second-order valence-electron chi connectivity index (χ2n) is 9.28. The fraction of sp³-hybridized carbons (Fsp3) is 0.407. The van der Waals surface area contributed by atoms with Gasteiger partial charge < -0.3 is 30.3 Å². The molecule has 0 aliphatic carbocycles. The van der Waals surface area contributed by atoms with Crippen molar-refractivity contribution in [1.82, 2.24) is 20.6 Å². The first-order valence-corrected chi connectivity index (χ1v) is 12.5. The molecule has 1 fully saturated rings. The predicted octanol–water partition coefficient (Wildman–Crippen LogP) is 1.18. The maximum atomic E-state index is 13.6. The van der Waals surface area contributed by atoms with Gasteiger partial charge in [-0.15, -0.1) is 0 Å². The molecule has 1 aliphatic heterocycles. The van der Waals surface area contributed by atoms with Crippen molar-refractivity contribution in [3.8, 4) is 5.75 Å². The largest absolute Gasteiger partial charge is 0.505 e. The van der Waals surface area contributed by atoms with E-state index < -0.39 is 59.7 Å². The van der Waals surface area contributed by atoms with E-state index in [0.29, 0.717) is 17.6 Å². The summed E-state index contributed by atoms with van der Waals surface area (Å²) in [4.78, 5) is 60.3. The Bertz CT molecular complexity index is 1250. The van der Waals surface area contributed by atoms with Gasteiger partial charge in [-0.05, 0) is 62.9 Å². The summed E-state index contributed by atoms with van der Waals surface area (Å²) in [7, 11) is 0. The Morgan fingerprint density at radius 1 is 1.15 bits per heavy atom. The summed E-state index contributed by atoms with van der Waals surface area (Å²) in [5.74, 6) is -5.52. The molecule has 5 atom stereocenters. The number of carbonyl (C=O) groups is 4. The number of aliphatic hydroxyl groups excluding tert-OH is 1. The number of aromatic hydroxyl groups is 1. The number of amides is 2. The molecule has 208 valence electrons. The number of ether oxygens (including phenoxy) is 2. The van der Waals surface area contributed by atoms with E-state index in [2.05, 4.69) is 20.6 Å². The fourth-order valence-electron chi connectivity index (χ4n) is 3.92. The van der Waals surface area contributed by atoms with E-state index in [9.17, 15) is 29.4 Å². The fourth-order valence-corrected chi connectivity index (χ4v) is 3.92. The Balaban J connectivity index is 2.03. The molecule has 3 rings (SSSR count). The average molecular weight is 541 g/mol. The van der Waals surface area contributed by atoms with Crippen LogP contribution in [0.3, 0.4) is 0 Å². The number of nitrogens with zero attached hydrogens (tertiary/aromatic N) is 2. The van der Waals surface area contributed by atoms with Gasteiger partial charge >= 0.3 is 11.9 Å². The van der Waals surface area contributed by atoms with Crippen LogP contribution in [0.2, 0.25) is 0 Å². The second kappa shape index (κ2) is 13.0. The van der Waals surface area contributed by atoms with Crippen molar-refractivity contribution in [1.29, 1.82) is 0 Å². The zero-order chi connectivity index (χ0) is 28.7. The summed E-state index contributed by atoms with van der Waals surface area (Å²) >= 11 is 0. The van der Waals surface area contributed by atoms with Gasteiger partial charge in [0.2, 0.25) is 11.7 Å². The van der Waals surface area contributed by atoms with E-state index in [1.165, 1.54) is 32.2 Å². The van der Waals surface area contributed by atoms with Crippen molar-refractivity contribution in [2.24, 2.45) is 5.92 Å². The number of carbonyl (C=O) groups excluding carboxylic acids is 4. The van der Waals surface area contributed by atoms with E-state index in [-0.39, 0.29) is 17.9 Å². The molecule has 2 aromatic heterocycles. The number of hydrogen-bond acceptors (Lipinski definition) is 10. The van der Waals surface area contributed by atoms with E-state index in [4.69, 9.17) is 9.47 Å². The summed E-state index contributed by atoms with van der Waals surface area (Å²) in [6.45, 7) is 6.13. The molecular weight excluding hydrogens is 508 g/mol. The number of cyclic esters (lactones) is 2. The number of rotatable bonds is 5. The van der Waals surface area contributed by atoms with Gasteiger partial charge in [-0.2, -0.15) is 0 Å². The molecule has 39 heavy (non-hydrogen) atoms. The number of allylic oxidation sites excluding steroid dienone is 1. The molecule has 3 heterocycles. The van der Waals surface area contributed by atoms with Crippen LogP contribution in [-0.4, -0.2) is 68.2 Å². The number of hydrogen-bond donors (Lipinski definition) is 4. The third kappa shape index (κ3) is 7.17. The molecule has 0 saturated carbocycles. The van der Waals surface area contributed by atoms with Crippen molar-refractivity contribution in [3.63, 3.8) is 0 Å². The molecule has 12 heteroatoms. The van der Waals surface area contributed by atoms with E-state index >= 15 is 0 Å². The number of esters is 2. The lowest BCUT2D eigenvalue weighted by Crippen LogP contribution is -2.59. The Morgan fingerprint density at radius 3 is 2.51 bits per heavy atom. The molecule has 0 bridgehead atoms. The second-order valence-corrected chi connectivity index (χ2v) is 9.28. The van der Waals surface area contributed by atoms with Gasteiger partial charge in [0.15, 0.2) is 5.69 Å². The smallest absolute Gasteiger partial charge is 0.374 e. The first-order chi connectivity index (χ1) is 18.5. The SMILES string of the molecule is CC/C(C)=C1/OC(=O)[C@H](C)[C@H](O)[C@H](Cc2cccnc2)NC(=O)[C@@H](NC(=O)c2ncccc2O)[C@@H](C)OC1=O. The van der Waals surface area contributed by atoms with Gasteiger partial charge in [0, 0.05) is 18.6 Å². The summed E-state index contributed by atoms with van der Waals surface area (Å²) < 4.78 is 10.9.